The van der Waals surface area contributed by atoms with Gasteiger partial charge in [0.25, 0.3) is 11.5 Å². The van der Waals surface area contributed by atoms with Gasteiger partial charge in [-0.1, -0.05) is 29.8 Å². The third kappa shape index (κ3) is 4.61. The highest BCUT2D eigenvalue weighted by molar-refractivity contribution is 6.02. The van der Waals surface area contributed by atoms with Crippen LogP contribution in [-0.2, 0) is 6.54 Å². The van der Waals surface area contributed by atoms with Gasteiger partial charge in [-0.05, 0) is 42.8 Å². The third-order valence-corrected chi connectivity index (χ3v) is 4.19. The molecule has 0 saturated carbocycles. The monoisotopic (exact) mass is 362 g/mol. The molecular formula is C21H22N4O2. The molecule has 6 heteroatoms. The SMILES string of the molecule is Cc1ccc(Cn2nc(C(=O)Nc3ccc(N(C)C)cc3)ccc2=O)cc1. The number of benzene rings is 2. The van der Waals surface area contributed by atoms with E-state index >= 15 is 0 Å². The highest BCUT2D eigenvalue weighted by Gasteiger charge is 2.11. The van der Waals surface area contributed by atoms with E-state index in [0.29, 0.717) is 12.2 Å². The van der Waals surface area contributed by atoms with Crippen LogP contribution in [0.1, 0.15) is 21.6 Å². The molecule has 3 rings (SSSR count). The zero-order valence-corrected chi connectivity index (χ0v) is 15.6. The Labute approximate surface area is 158 Å². The number of hydrogen-bond donors (Lipinski definition) is 1. The lowest BCUT2D eigenvalue weighted by Crippen LogP contribution is -2.26. The molecule has 6 nitrogen and oxygen atoms in total. The summed E-state index contributed by atoms with van der Waals surface area (Å²) < 4.78 is 1.30. The Kier molecular flexibility index (Phi) is 5.35. The smallest absolute Gasteiger partial charge is 0.276 e. The first-order valence-electron chi connectivity index (χ1n) is 8.65. The van der Waals surface area contributed by atoms with E-state index in [4.69, 9.17) is 0 Å². The normalized spacial score (nSPS) is 10.5. The molecule has 1 N–H and O–H groups in total. The Balaban J connectivity index is 1.77. The van der Waals surface area contributed by atoms with Crippen LogP contribution in [0.2, 0.25) is 0 Å². The standard InChI is InChI=1S/C21H22N4O2/c1-15-4-6-16(7-5-15)14-25-20(26)13-12-19(23-25)21(27)22-17-8-10-18(11-9-17)24(2)3/h4-13H,14H2,1-3H3,(H,22,27). The number of aryl methyl sites for hydroxylation is 1. The summed E-state index contributed by atoms with van der Waals surface area (Å²) in [5.41, 5.74) is 3.75. The third-order valence-electron chi connectivity index (χ3n) is 4.19. The van der Waals surface area contributed by atoms with Crippen molar-refractivity contribution in [1.29, 1.82) is 0 Å². The fourth-order valence-electron chi connectivity index (χ4n) is 2.59. The number of anilines is 2. The average molecular weight is 362 g/mol. The maximum atomic E-state index is 12.5. The molecule has 0 aliphatic heterocycles. The van der Waals surface area contributed by atoms with Crippen molar-refractivity contribution in [2.45, 2.75) is 13.5 Å². The summed E-state index contributed by atoms with van der Waals surface area (Å²) in [5, 5.41) is 7.02. The number of nitrogens with zero attached hydrogens (tertiary/aromatic N) is 3. The molecule has 1 heterocycles. The van der Waals surface area contributed by atoms with Crippen molar-refractivity contribution in [3.8, 4) is 0 Å². The molecule has 27 heavy (non-hydrogen) atoms. The van der Waals surface area contributed by atoms with Gasteiger partial charge in [0.05, 0.1) is 6.54 Å². The number of hydrogen-bond acceptors (Lipinski definition) is 4. The topological polar surface area (TPSA) is 67.2 Å². The fraction of sp³-hybridized carbons (Fsp3) is 0.190. The molecule has 1 amide bonds. The van der Waals surface area contributed by atoms with Gasteiger partial charge in [-0.25, -0.2) is 4.68 Å². The molecule has 0 spiro atoms. The summed E-state index contributed by atoms with van der Waals surface area (Å²) in [5.74, 6) is -0.356. The van der Waals surface area contributed by atoms with Gasteiger partial charge in [0, 0.05) is 31.5 Å². The Bertz CT molecular complexity index is 990. The predicted molar refractivity (Wildman–Crippen MR) is 108 cm³/mol. The van der Waals surface area contributed by atoms with E-state index in [1.807, 2.05) is 74.4 Å². The van der Waals surface area contributed by atoms with Crippen LogP contribution in [0.4, 0.5) is 11.4 Å². The molecule has 138 valence electrons. The molecule has 2 aromatic carbocycles. The molecule has 0 aliphatic carbocycles. The molecular weight excluding hydrogens is 340 g/mol. The number of aromatic nitrogens is 2. The second kappa shape index (κ2) is 7.86. The Morgan fingerprint density at radius 2 is 1.67 bits per heavy atom. The maximum absolute atomic E-state index is 12.5. The Morgan fingerprint density at radius 3 is 2.30 bits per heavy atom. The molecule has 1 aromatic heterocycles. The molecule has 0 bridgehead atoms. The minimum atomic E-state index is -0.356. The van der Waals surface area contributed by atoms with Gasteiger partial charge in [0.2, 0.25) is 0 Å². The van der Waals surface area contributed by atoms with Crippen molar-refractivity contribution >= 4 is 17.3 Å². The van der Waals surface area contributed by atoms with Crippen molar-refractivity contribution in [2.24, 2.45) is 0 Å². The highest BCUT2D eigenvalue weighted by atomic mass is 16.2. The van der Waals surface area contributed by atoms with Crippen molar-refractivity contribution in [1.82, 2.24) is 9.78 Å². The zero-order valence-electron chi connectivity index (χ0n) is 15.6. The summed E-state index contributed by atoms with van der Waals surface area (Å²) in [7, 11) is 3.91. The lowest BCUT2D eigenvalue weighted by Gasteiger charge is -2.13. The van der Waals surface area contributed by atoms with Crippen molar-refractivity contribution in [3.63, 3.8) is 0 Å². The van der Waals surface area contributed by atoms with Gasteiger partial charge in [0.1, 0.15) is 5.69 Å². The van der Waals surface area contributed by atoms with Crippen LogP contribution in [0.15, 0.2) is 65.5 Å². The number of nitrogens with one attached hydrogen (secondary N) is 1. The first kappa shape index (κ1) is 18.4. The first-order valence-corrected chi connectivity index (χ1v) is 8.65. The maximum Gasteiger partial charge on any atom is 0.276 e. The summed E-state index contributed by atoms with van der Waals surface area (Å²) in [6, 6.07) is 18.2. The van der Waals surface area contributed by atoms with E-state index < -0.39 is 0 Å². The van der Waals surface area contributed by atoms with E-state index in [0.717, 1.165) is 16.8 Å². The highest BCUT2D eigenvalue weighted by Crippen LogP contribution is 2.16. The van der Waals surface area contributed by atoms with Crippen molar-refractivity contribution in [2.75, 3.05) is 24.3 Å². The summed E-state index contributed by atoms with van der Waals surface area (Å²) in [6.45, 7) is 2.32. The van der Waals surface area contributed by atoms with Gasteiger partial charge in [-0.2, -0.15) is 5.10 Å². The van der Waals surface area contributed by atoms with Crippen molar-refractivity contribution < 1.29 is 4.79 Å². The minimum absolute atomic E-state index is 0.193. The van der Waals surface area contributed by atoms with Crippen LogP contribution in [0.25, 0.3) is 0 Å². The zero-order chi connectivity index (χ0) is 19.4. The summed E-state index contributed by atoms with van der Waals surface area (Å²) >= 11 is 0. The Hall–Kier alpha value is -3.41. The van der Waals surface area contributed by atoms with Crippen LogP contribution in [0.3, 0.4) is 0 Å². The molecule has 3 aromatic rings. The quantitative estimate of drug-likeness (QED) is 0.758. The van der Waals surface area contributed by atoms with Crippen molar-refractivity contribution in [3.05, 3.63) is 87.8 Å². The van der Waals surface area contributed by atoms with E-state index in [1.54, 1.807) is 0 Å². The number of rotatable bonds is 5. The van der Waals surface area contributed by atoms with Gasteiger partial charge in [0.15, 0.2) is 0 Å². The molecule has 0 aliphatic rings. The lowest BCUT2D eigenvalue weighted by atomic mass is 10.1. The predicted octanol–water partition coefficient (Wildman–Crippen LogP) is 2.92. The van der Waals surface area contributed by atoms with Crippen LogP contribution in [-0.4, -0.2) is 29.8 Å². The minimum Gasteiger partial charge on any atom is -0.378 e. The van der Waals surface area contributed by atoms with Crippen LogP contribution in [0, 0.1) is 6.92 Å². The van der Waals surface area contributed by atoms with Gasteiger partial charge in [-0.15, -0.1) is 0 Å². The Morgan fingerprint density at radius 1 is 1.00 bits per heavy atom. The number of amides is 1. The number of carbonyl (C=O) groups is 1. The van der Waals surface area contributed by atoms with Crippen LogP contribution in [0.5, 0.6) is 0 Å². The fourth-order valence-corrected chi connectivity index (χ4v) is 2.59. The first-order chi connectivity index (χ1) is 12.9. The lowest BCUT2D eigenvalue weighted by molar-refractivity contribution is 0.102. The van der Waals surface area contributed by atoms with Crippen LogP contribution >= 0.6 is 0 Å². The average Bonchev–Trinajstić information content (AvgIpc) is 2.65. The van der Waals surface area contributed by atoms with E-state index in [-0.39, 0.29) is 17.2 Å². The van der Waals surface area contributed by atoms with E-state index in [1.165, 1.54) is 16.8 Å². The molecule has 0 atom stereocenters. The van der Waals surface area contributed by atoms with E-state index in [2.05, 4.69) is 10.4 Å². The second-order valence-corrected chi connectivity index (χ2v) is 6.60. The van der Waals surface area contributed by atoms with Crippen LogP contribution < -0.4 is 15.8 Å². The van der Waals surface area contributed by atoms with Gasteiger partial charge >= 0.3 is 0 Å². The summed E-state index contributed by atoms with van der Waals surface area (Å²) in [6.07, 6.45) is 0. The molecule has 0 radical (unpaired) electrons. The largest absolute Gasteiger partial charge is 0.378 e. The van der Waals surface area contributed by atoms with Gasteiger partial charge < -0.3 is 10.2 Å². The molecule has 0 fully saturated rings. The van der Waals surface area contributed by atoms with E-state index in [9.17, 15) is 9.59 Å². The molecule has 0 unspecified atom stereocenters. The number of carbonyl (C=O) groups excluding carboxylic acids is 1. The van der Waals surface area contributed by atoms with Gasteiger partial charge in [-0.3, -0.25) is 9.59 Å². The molecule has 0 saturated heterocycles. The second-order valence-electron chi connectivity index (χ2n) is 6.60. The summed E-state index contributed by atoms with van der Waals surface area (Å²) in [4.78, 5) is 26.6.